The molecule has 2 N–H and O–H groups in total. The predicted molar refractivity (Wildman–Crippen MR) is 154 cm³/mol. The first-order valence-electron chi connectivity index (χ1n) is 14.8. The summed E-state index contributed by atoms with van der Waals surface area (Å²) >= 11 is 0. The highest BCUT2D eigenvalue weighted by molar-refractivity contribution is 5.72. The molecule has 218 valence electrons. The van der Waals surface area contributed by atoms with Gasteiger partial charge in [-0.25, -0.2) is 0 Å². The van der Waals surface area contributed by atoms with Gasteiger partial charge in [0, 0.05) is 23.0 Å². The zero-order valence-corrected chi connectivity index (χ0v) is 25.0. The van der Waals surface area contributed by atoms with Crippen molar-refractivity contribution in [2.45, 2.75) is 142 Å². The van der Waals surface area contributed by atoms with Crippen molar-refractivity contribution in [3.8, 4) is 11.5 Å². The maximum atomic E-state index is 12.5. The van der Waals surface area contributed by atoms with E-state index in [0.717, 1.165) is 44.9 Å². The van der Waals surface area contributed by atoms with Gasteiger partial charge in [-0.05, 0) is 43.2 Å². The molecule has 0 bridgehead atoms. The first kappa shape index (κ1) is 33.8. The SMILES string of the molecule is CCCCCCCCOC(=O)CC(C)(C)c1cc(O)c(C(C)(C)CCCC(=O)OCCCCCC)cc1O. The molecule has 38 heavy (non-hydrogen) atoms. The molecule has 1 aromatic carbocycles. The van der Waals surface area contributed by atoms with Crippen LogP contribution in [0.3, 0.4) is 0 Å². The maximum Gasteiger partial charge on any atom is 0.306 e. The fourth-order valence-electron chi connectivity index (χ4n) is 4.83. The molecule has 0 spiro atoms. The van der Waals surface area contributed by atoms with Gasteiger partial charge in [-0.2, -0.15) is 0 Å². The first-order valence-corrected chi connectivity index (χ1v) is 14.8. The summed E-state index contributed by atoms with van der Waals surface area (Å²) in [5.41, 5.74) is -0.0313. The summed E-state index contributed by atoms with van der Waals surface area (Å²) in [6, 6.07) is 3.16. The highest BCUT2D eigenvalue weighted by Crippen LogP contribution is 2.43. The fourth-order valence-corrected chi connectivity index (χ4v) is 4.83. The monoisotopic (exact) mass is 534 g/mol. The fraction of sp³-hybridized carbons (Fsp3) is 0.750. The van der Waals surface area contributed by atoms with Crippen molar-refractivity contribution >= 4 is 11.9 Å². The lowest BCUT2D eigenvalue weighted by Gasteiger charge is -2.30. The summed E-state index contributed by atoms with van der Waals surface area (Å²) in [6.45, 7) is 12.9. The maximum absolute atomic E-state index is 12.5. The standard InChI is InChI=1S/C32H54O6/c1-7-9-11-13-14-16-21-38-30(36)24-32(5,6)26-23-27(33)25(22-28(26)34)31(3,4)19-17-18-29(35)37-20-15-12-10-8-2/h22-23,33-34H,7-21,24H2,1-6H3. The van der Waals surface area contributed by atoms with Crippen LogP contribution in [-0.2, 0) is 29.9 Å². The van der Waals surface area contributed by atoms with Crippen LogP contribution in [0.4, 0.5) is 0 Å². The zero-order chi connectivity index (χ0) is 28.6. The van der Waals surface area contributed by atoms with Crippen LogP contribution in [0.25, 0.3) is 0 Å². The van der Waals surface area contributed by atoms with Crippen molar-refractivity contribution in [2.24, 2.45) is 0 Å². The molecule has 0 fully saturated rings. The van der Waals surface area contributed by atoms with Crippen LogP contribution < -0.4 is 0 Å². The molecule has 6 heteroatoms. The molecule has 1 rings (SSSR count). The number of unbranched alkanes of at least 4 members (excludes halogenated alkanes) is 8. The van der Waals surface area contributed by atoms with E-state index in [1.165, 1.54) is 19.3 Å². The Morgan fingerprint density at radius 3 is 1.66 bits per heavy atom. The van der Waals surface area contributed by atoms with E-state index in [1.807, 2.05) is 27.7 Å². The average molecular weight is 535 g/mol. The Bertz CT molecular complexity index is 843. The Kier molecular flexibility index (Phi) is 15.4. The van der Waals surface area contributed by atoms with Crippen LogP contribution >= 0.6 is 0 Å². The predicted octanol–water partition coefficient (Wildman–Crippen LogP) is 8.24. The van der Waals surface area contributed by atoms with Crippen LogP contribution in [0, 0.1) is 0 Å². The van der Waals surface area contributed by atoms with Gasteiger partial charge in [0.2, 0.25) is 0 Å². The summed E-state index contributed by atoms with van der Waals surface area (Å²) in [7, 11) is 0. The van der Waals surface area contributed by atoms with E-state index in [1.54, 1.807) is 12.1 Å². The van der Waals surface area contributed by atoms with E-state index in [2.05, 4.69) is 13.8 Å². The minimum atomic E-state index is -0.705. The lowest BCUT2D eigenvalue weighted by Crippen LogP contribution is -2.24. The second-order valence-corrected chi connectivity index (χ2v) is 12.0. The van der Waals surface area contributed by atoms with Crippen LogP contribution in [0.15, 0.2) is 12.1 Å². The third kappa shape index (κ3) is 12.5. The smallest absolute Gasteiger partial charge is 0.306 e. The Labute approximate surface area is 231 Å². The molecule has 0 heterocycles. The Hall–Kier alpha value is -2.24. The topological polar surface area (TPSA) is 93.1 Å². The molecule has 6 nitrogen and oxygen atoms in total. The van der Waals surface area contributed by atoms with E-state index in [9.17, 15) is 19.8 Å². The molecule has 0 saturated heterocycles. The molecule has 1 aromatic rings. The van der Waals surface area contributed by atoms with Gasteiger partial charge in [-0.1, -0.05) is 92.9 Å². The Morgan fingerprint density at radius 1 is 0.658 bits per heavy atom. The Balaban J connectivity index is 2.64. The molecule has 0 aliphatic carbocycles. The first-order chi connectivity index (χ1) is 17.9. The zero-order valence-electron chi connectivity index (χ0n) is 25.0. The highest BCUT2D eigenvalue weighted by atomic mass is 16.5. The molecule has 0 amide bonds. The van der Waals surface area contributed by atoms with Gasteiger partial charge in [0.1, 0.15) is 11.5 Å². The number of aromatic hydroxyl groups is 2. The summed E-state index contributed by atoms with van der Waals surface area (Å²) < 4.78 is 10.8. The minimum absolute atomic E-state index is 0.0473. The number of hydrogen-bond acceptors (Lipinski definition) is 6. The van der Waals surface area contributed by atoms with Crippen molar-refractivity contribution in [3.05, 3.63) is 23.3 Å². The minimum Gasteiger partial charge on any atom is -0.508 e. The summed E-state index contributed by atoms with van der Waals surface area (Å²) in [4.78, 5) is 24.5. The number of ether oxygens (including phenoxy) is 2. The van der Waals surface area contributed by atoms with E-state index in [-0.39, 0.29) is 29.9 Å². The van der Waals surface area contributed by atoms with Gasteiger partial charge in [-0.15, -0.1) is 0 Å². The van der Waals surface area contributed by atoms with Gasteiger partial charge >= 0.3 is 11.9 Å². The lowest BCUT2D eigenvalue weighted by molar-refractivity contribution is -0.145. The number of phenolic OH excluding ortho intramolecular Hbond substituents is 2. The number of benzene rings is 1. The number of carbonyl (C=O) groups excluding carboxylic acids is 2. The summed E-state index contributed by atoms with van der Waals surface area (Å²) in [5.74, 6) is -0.366. The molecule has 0 aromatic heterocycles. The number of hydrogen-bond donors (Lipinski definition) is 2. The number of esters is 2. The van der Waals surface area contributed by atoms with E-state index < -0.39 is 10.8 Å². The van der Waals surface area contributed by atoms with Crippen LogP contribution in [0.2, 0.25) is 0 Å². The number of carbonyl (C=O) groups is 2. The average Bonchev–Trinajstić information content (AvgIpc) is 2.84. The van der Waals surface area contributed by atoms with E-state index in [0.29, 0.717) is 43.6 Å². The Morgan fingerprint density at radius 2 is 1.11 bits per heavy atom. The molecule has 0 saturated carbocycles. The number of rotatable bonds is 20. The summed E-state index contributed by atoms with van der Waals surface area (Å²) in [5, 5.41) is 21.8. The highest BCUT2D eigenvalue weighted by Gasteiger charge is 2.32. The van der Waals surface area contributed by atoms with Gasteiger partial charge in [-0.3, -0.25) is 9.59 Å². The quantitative estimate of drug-likeness (QED) is 0.0994. The van der Waals surface area contributed by atoms with Crippen LogP contribution in [0.5, 0.6) is 11.5 Å². The molecule has 0 atom stereocenters. The molecule has 0 aliphatic heterocycles. The normalized spacial score (nSPS) is 11.9. The lowest BCUT2D eigenvalue weighted by atomic mass is 9.76. The second-order valence-electron chi connectivity index (χ2n) is 12.0. The van der Waals surface area contributed by atoms with Crippen molar-refractivity contribution in [3.63, 3.8) is 0 Å². The number of phenols is 2. The van der Waals surface area contributed by atoms with Crippen LogP contribution in [0.1, 0.15) is 143 Å². The third-order valence-electron chi connectivity index (χ3n) is 7.36. The van der Waals surface area contributed by atoms with Gasteiger partial charge in [0.05, 0.1) is 19.6 Å². The van der Waals surface area contributed by atoms with Crippen molar-refractivity contribution < 1.29 is 29.3 Å². The van der Waals surface area contributed by atoms with Crippen molar-refractivity contribution in [1.29, 1.82) is 0 Å². The molecule has 0 aliphatic rings. The van der Waals surface area contributed by atoms with Gasteiger partial charge in [0.15, 0.2) is 0 Å². The van der Waals surface area contributed by atoms with Gasteiger partial charge < -0.3 is 19.7 Å². The molecular weight excluding hydrogens is 480 g/mol. The molecule has 0 unspecified atom stereocenters. The summed E-state index contributed by atoms with van der Waals surface area (Å²) in [6.07, 6.45) is 12.8. The third-order valence-corrected chi connectivity index (χ3v) is 7.36. The van der Waals surface area contributed by atoms with Crippen molar-refractivity contribution in [2.75, 3.05) is 13.2 Å². The largest absolute Gasteiger partial charge is 0.508 e. The van der Waals surface area contributed by atoms with E-state index in [4.69, 9.17) is 9.47 Å². The van der Waals surface area contributed by atoms with E-state index >= 15 is 0 Å². The second kappa shape index (κ2) is 17.4. The molecule has 0 radical (unpaired) electrons. The van der Waals surface area contributed by atoms with Gasteiger partial charge in [0.25, 0.3) is 0 Å². The molecular formula is C32H54O6. The van der Waals surface area contributed by atoms with Crippen molar-refractivity contribution in [1.82, 2.24) is 0 Å². The van der Waals surface area contributed by atoms with Crippen LogP contribution in [-0.4, -0.2) is 35.4 Å².